The minimum absolute atomic E-state index is 0.134. The molecule has 1 fully saturated rings. The van der Waals surface area contributed by atoms with Crippen LogP contribution in [0.15, 0.2) is 12.7 Å². The Morgan fingerprint density at radius 2 is 2.00 bits per heavy atom. The number of rotatable bonds is 7. The number of hydrogen-bond donors (Lipinski definition) is 1. The van der Waals surface area contributed by atoms with Gasteiger partial charge in [0.05, 0.1) is 0 Å². The van der Waals surface area contributed by atoms with Crippen molar-refractivity contribution in [1.29, 1.82) is 0 Å². The van der Waals surface area contributed by atoms with Gasteiger partial charge in [-0.15, -0.1) is 6.58 Å². The van der Waals surface area contributed by atoms with Gasteiger partial charge in [-0.05, 0) is 32.1 Å². The zero-order chi connectivity index (χ0) is 11.8. The molecule has 1 aliphatic rings. The number of allylic oxidation sites excluding steroid dienone is 1. The third-order valence-corrected chi connectivity index (χ3v) is 3.56. The summed E-state index contributed by atoms with van der Waals surface area (Å²) in [6.07, 6.45) is 11.5. The second-order valence-electron chi connectivity index (χ2n) is 4.91. The van der Waals surface area contributed by atoms with Crippen LogP contribution < -0.4 is 5.73 Å². The molecule has 16 heavy (non-hydrogen) atoms. The summed E-state index contributed by atoms with van der Waals surface area (Å²) >= 11 is 0. The van der Waals surface area contributed by atoms with E-state index in [4.69, 9.17) is 5.73 Å². The maximum absolute atomic E-state index is 11.9. The van der Waals surface area contributed by atoms with Crippen molar-refractivity contribution in [3.8, 4) is 0 Å². The van der Waals surface area contributed by atoms with E-state index in [0.29, 0.717) is 5.78 Å². The molecule has 0 bridgehead atoms. The highest BCUT2D eigenvalue weighted by Gasteiger charge is 2.27. The predicted molar refractivity (Wildman–Crippen MR) is 68.2 cm³/mol. The maximum atomic E-state index is 11.9. The Kier molecular flexibility index (Phi) is 6.39. The van der Waals surface area contributed by atoms with Gasteiger partial charge in [0.25, 0.3) is 0 Å². The van der Waals surface area contributed by atoms with Gasteiger partial charge in [0, 0.05) is 18.4 Å². The number of ketones is 1. The molecular formula is C14H25NO. The largest absolute Gasteiger partial charge is 0.327 e. The van der Waals surface area contributed by atoms with Crippen LogP contribution in [-0.2, 0) is 4.79 Å². The van der Waals surface area contributed by atoms with Gasteiger partial charge in [-0.25, -0.2) is 0 Å². The summed E-state index contributed by atoms with van der Waals surface area (Å²) in [7, 11) is 0. The highest BCUT2D eigenvalue weighted by Crippen LogP contribution is 2.25. The van der Waals surface area contributed by atoms with Crippen LogP contribution >= 0.6 is 0 Å². The Bertz CT molecular complexity index is 225. The van der Waals surface area contributed by atoms with E-state index >= 15 is 0 Å². The number of carbonyl (C=O) groups is 1. The van der Waals surface area contributed by atoms with E-state index in [9.17, 15) is 4.79 Å². The van der Waals surface area contributed by atoms with Gasteiger partial charge in [0.2, 0.25) is 0 Å². The van der Waals surface area contributed by atoms with Crippen LogP contribution in [-0.4, -0.2) is 11.8 Å². The highest BCUT2D eigenvalue weighted by molar-refractivity contribution is 5.81. The third kappa shape index (κ3) is 4.48. The predicted octanol–water partition coefficient (Wildman–Crippen LogP) is 3.21. The molecule has 92 valence electrons. The summed E-state index contributed by atoms with van der Waals surface area (Å²) < 4.78 is 0. The van der Waals surface area contributed by atoms with Gasteiger partial charge in [0.1, 0.15) is 5.78 Å². The van der Waals surface area contributed by atoms with Crippen LogP contribution in [0.2, 0.25) is 0 Å². The van der Waals surface area contributed by atoms with Crippen LogP contribution in [0, 0.1) is 5.92 Å². The molecule has 1 aliphatic carbocycles. The average Bonchev–Trinajstić information content (AvgIpc) is 2.29. The zero-order valence-electron chi connectivity index (χ0n) is 10.3. The lowest BCUT2D eigenvalue weighted by atomic mass is 9.81. The molecular weight excluding hydrogens is 198 g/mol. The van der Waals surface area contributed by atoms with Gasteiger partial charge < -0.3 is 5.73 Å². The molecule has 0 aromatic heterocycles. The molecule has 0 saturated heterocycles. The highest BCUT2D eigenvalue weighted by atomic mass is 16.1. The molecule has 2 atom stereocenters. The fourth-order valence-electron chi connectivity index (χ4n) is 2.51. The first-order valence-corrected chi connectivity index (χ1v) is 6.65. The standard InChI is InChI=1S/C14H25NO/c1-2-3-4-5-6-11-14(16)12-9-7-8-10-13(12)15/h2,12-13H,1,3-11,15H2. The van der Waals surface area contributed by atoms with E-state index in [0.717, 1.165) is 44.9 Å². The molecule has 0 heterocycles. The molecule has 0 radical (unpaired) electrons. The first-order valence-electron chi connectivity index (χ1n) is 6.65. The van der Waals surface area contributed by atoms with Crippen LogP contribution in [0.3, 0.4) is 0 Å². The van der Waals surface area contributed by atoms with Crippen molar-refractivity contribution in [2.24, 2.45) is 11.7 Å². The molecule has 0 aliphatic heterocycles. The average molecular weight is 223 g/mol. The maximum Gasteiger partial charge on any atom is 0.137 e. The first-order chi connectivity index (χ1) is 7.75. The van der Waals surface area contributed by atoms with Crippen molar-refractivity contribution < 1.29 is 4.79 Å². The summed E-state index contributed by atoms with van der Waals surface area (Å²) in [6, 6.07) is 0.134. The number of hydrogen-bond acceptors (Lipinski definition) is 2. The van der Waals surface area contributed by atoms with Crippen LogP contribution in [0.4, 0.5) is 0 Å². The number of nitrogens with two attached hydrogens (primary N) is 1. The van der Waals surface area contributed by atoms with Gasteiger partial charge in [-0.1, -0.05) is 25.3 Å². The Labute approximate surface area is 99.3 Å². The number of Topliss-reactive ketones (excluding diaryl/α,β-unsaturated/α-hetero) is 1. The Hall–Kier alpha value is -0.630. The van der Waals surface area contributed by atoms with Gasteiger partial charge in [-0.2, -0.15) is 0 Å². The Morgan fingerprint density at radius 3 is 2.69 bits per heavy atom. The summed E-state index contributed by atoms with van der Waals surface area (Å²) in [6.45, 7) is 3.69. The fourth-order valence-corrected chi connectivity index (χ4v) is 2.51. The molecule has 2 N–H and O–H groups in total. The molecule has 1 rings (SSSR count). The van der Waals surface area contributed by atoms with E-state index in [1.54, 1.807) is 0 Å². The molecule has 1 saturated carbocycles. The van der Waals surface area contributed by atoms with Crippen molar-refractivity contribution in [3.63, 3.8) is 0 Å². The molecule has 2 unspecified atom stereocenters. The van der Waals surface area contributed by atoms with Crippen LogP contribution in [0.5, 0.6) is 0 Å². The monoisotopic (exact) mass is 223 g/mol. The Morgan fingerprint density at radius 1 is 1.25 bits per heavy atom. The fraction of sp³-hybridized carbons (Fsp3) is 0.786. The summed E-state index contributed by atoms with van der Waals surface area (Å²) in [5.74, 6) is 0.568. The van der Waals surface area contributed by atoms with Crippen LogP contribution in [0.1, 0.15) is 57.8 Å². The van der Waals surface area contributed by atoms with E-state index in [1.807, 2.05) is 6.08 Å². The number of unbranched alkanes of at least 4 members (excludes halogenated alkanes) is 3. The van der Waals surface area contributed by atoms with Crippen molar-refractivity contribution in [1.82, 2.24) is 0 Å². The van der Waals surface area contributed by atoms with E-state index < -0.39 is 0 Å². The second-order valence-corrected chi connectivity index (χ2v) is 4.91. The lowest BCUT2D eigenvalue weighted by Gasteiger charge is -2.27. The van der Waals surface area contributed by atoms with Crippen molar-refractivity contribution >= 4 is 5.78 Å². The van der Waals surface area contributed by atoms with Crippen molar-refractivity contribution in [2.75, 3.05) is 0 Å². The smallest absolute Gasteiger partial charge is 0.137 e. The van der Waals surface area contributed by atoms with Gasteiger partial charge in [0.15, 0.2) is 0 Å². The summed E-state index contributed by atoms with van der Waals surface area (Å²) in [5, 5.41) is 0. The van der Waals surface area contributed by atoms with E-state index in [-0.39, 0.29) is 12.0 Å². The third-order valence-electron chi connectivity index (χ3n) is 3.56. The number of carbonyl (C=O) groups excluding carboxylic acids is 1. The van der Waals surface area contributed by atoms with Gasteiger partial charge >= 0.3 is 0 Å². The molecule has 2 nitrogen and oxygen atoms in total. The molecule has 2 heteroatoms. The van der Waals surface area contributed by atoms with Gasteiger partial charge in [-0.3, -0.25) is 4.79 Å². The van der Waals surface area contributed by atoms with E-state index in [2.05, 4.69) is 6.58 Å². The topological polar surface area (TPSA) is 43.1 Å². The summed E-state index contributed by atoms with van der Waals surface area (Å²) in [5.41, 5.74) is 6.00. The van der Waals surface area contributed by atoms with Crippen LogP contribution in [0.25, 0.3) is 0 Å². The normalized spacial score (nSPS) is 25.3. The second kappa shape index (κ2) is 7.61. The lowest BCUT2D eigenvalue weighted by Crippen LogP contribution is -2.37. The lowest BCUT2D eigenvalue weighted by molar-refractivity contribution is -0.124. The molecule has 0 amide bonds. The Balaban J connectivity index is 2.15. The molecule has 0 aromatic carbocycles. The zero-order valence-corrected chi connectivity index (χ0v) is 10.3. The first kappa shape index (κ1) is 13.4. The van der Waals surface area contributed by atoms with E-state index in [1.165, 1.54) is 12.8 Å². The summed E-state index contributed by atoms with van der Waals surface area (Å²) in [4.78, 5) is 11.9. The SMILES string of the molecule is C=CCCCCCC(=O)C1CCCCC1N. The molecule has 0 aromatic rings. The molecule has 0 spiro atoms. The minimum Gasteiger partial charge on any atom is -0.327 e. The minimum atomic E-state index is 0.134. The van der Waals surface area contributed by atoms with Crippen molar-refractivity contribution in [2.45, 2.75) is 63.8 Å². The quantitative estimate of drug-likeness (QED) is 0.532. The van der Waals surface area contributed by atoms with Crippen molar-refractivity contribution in [3.05, 3.63) is 12.7 Å².